The van der Waals surface area contributed by atoms with Gasteiger partial charge >= 0.3 is 5.97 Å². The van der Waals surface area contributed by atoms with E-state index in [1.807, 2.05) is 24.3 Å². The molecule has 1 aliphatic rings. The van der Waals surface area contributed by atoms with E-state index in [2.05, 4.69) is 27.1 Å². The van der Waals surface area contributed by atoms with E-state index in [9.17, 15) is 18.8 Å². The highest BCUT2D eigenvalue weighted by atomic mass is 127. The molecule has 0 aliphatic heterocycles. The van der Waals surface area contributed by atoms with E-state index in [4.69, 9.17) is 4.74 Å². The van der Waals surface area contributed by atoms with Gasteiger partial charge in [0.25, 0.3) is 0 Å². The molecule has 0 bridgehead atoms. The van der Waals surface area contributed by atoms with Crippen molar-refractivity contribution < 1.29 is 22.7 Å². The highest BCUT2D eigenvalue weighted by molar-refractivity contribution is 14.2. The van der Waals surface area contributed by atoms with Crippen LogP contribution >= 0.6 is 28.4 Å². The van der Waals surface area contributed by atoms with E-state index in [1.54, 1.807) is 17.6 Å². The zero-order chi connectivity index (χ0) is 25.3. The fourth-order valence-corrected chi connectivity index (χ4v) is 6.23. The van der Waals surface area contributed by atoms with E-state index >= 15 is 4.39 Å². The van der Waals surface area contributed by atoms with Crippen molar-refractivity contribution in [2.24, 2.45) is 0 Å². The van der Waals surface area contributed by atoms with Crippen LogP contribution in [-0.4, -0.2) is 21.7 Å². The van der Waals surface area contributed by atoms with Crippen molar-refractivity contribution in [1.82, 2.24) is 9.55 Å². The number of carbonyl (C=O) groups is 1. The number of alkyl halides is 2. The molecule has 1 heterocycles. The average molecular weight is 611 g/mol. The van der Waals surface area contributed by atoms with Crippen LogP contribution in [0.4, 0.5) is 13.2 Å². The van der Waals surface area contributed by atoms with Crippen molar-refractivity contribution in [3.05, 3.63) is 75.7 Å². The van der Waals surface area contributed by atoms with Gasteiger partial charge < -0.3 is 4.74 Å². The fourth-order valence-electron chi connectivity index (χ4n) is 4.68. The summed E-state index contributed by atoms with van der Waals surface area (Å²) in [6.45, 7) is 2.88. The van der Waals surface area contributed by atoms with E-state index in [0.717, 1.165) is 17.8 Å². The number of fused-ring (bicyclic) bond motifs is 1. The Labute approximate surface area is 216 Å². The maximum atomic E-state index is 15.3. The summed E-state index contributed by atoms with van der Waals surface area (Å²) in [5, 5.41) is 13.9. The highest BCUT2D eigenvalue weighted by Gasteiger charge is 2.39. The number of rotatable bonds is 7. The Morgan fingerprint density at radius 1 is 1.40 bits per heavy atom. The van der Waals surface area contributed by atoms with E-state index in [-0.39, 0.29) is 30.4 Å². The van der Waals surface area contributed by atoms with Gasteiger partial charge in [0.1, 0.15) is 18.2 Å². The third-order valence-corrected chi connectivity index (χ3v) is 8.08. The van der Waals surface area contributed by atoms with Crippen LogP contribution in [0, 0.1) is 17.1 Å². The van der Waals surface area contributed by atoms with Gasteiger partial charge in [0, 0.05) is 30.7 Å². The van der Waals surface area contributed by atoms with Crippen molar-refractivity contribution in [3.8, 4) is 17.3 Å². The van der Waals surface area contributed by atoms with Gasteiger partial charge in [-0.25, -0.2) is 17.6 Å². The van der Waals surface area contributed by atoms with Crippen LogP contribution in [0.25, 0.3) is 11.3 Å². The number of benzene rings is 2. The lowest BCUT2D eigenvalue weighted by atomic mass is 9.88. The number of carbonyl (C=O) groups excluding carboxylic acids is 1. The maximum absolute atomic E-state index is 15.3. The van der Waals surface area contributed by atoms with Crippen molar-refractivity contribution in [3.63, 3.8) is 0 Å². The van der Waals surface area contributed by atoms with Crippen molar-refractivity contribution in [2.45, 2.75) is 51.6 Å². The molecule has 0 spiro atoms. The van der Waals surface area contributed by atoms with Crippen molar-refractivity contribution in [2.75, 3.05) is 0 Å². The van der Waals surface area contributed by atoms with Crippen LogP contribution in [0.3, 0.4) is 0 Å². The second-order valence-electron chi connectivity index (χ2n) is 8.31. The molecule has 1 aliphatic carbocycles. The van der Waals surface area contributed by atoms with Crippen LogP contribution in [0.5, 0.6) is 0 Å². The summed E-state index contributed by atoms with van der Waals surface area (Å²) in [6, 6.07) is 9.64. The summed E-state index contributed by atoms with van der Waals surface area (Å²) < 4.78 is 51.4. The monoisotopic (exact) mass is 611 g/mol. The Hall–Kier alpha value is -2.44. The minimum absolute atomic E-state index is 0.00234. The Bertz CT molecular complexity index is 1320. The lowest BCUT2D eigenvalue weighted by Gasteiger charge is -2.20. The van der Waals surface area contributed by atoms with Gasteiger partial charge in [0.05, 0.1) is 23.7 Å². The normalized spacial score (nSPS) is 18.0. The Morgan fingerprint density at radius 2 is 2.17 bits per heavy atom. The largest absolute Gasteiger partial charge is 0.454 e. The van der Waals surface area contributed by atoms with Crippen LogP contribution in [0.15, 0.2) is 36.5 Å². The number of hydrogen-bond donors (Lipinski definition) is 0. The molecule has 1 aromatic heterocycles. The quantitative estimate of drug-likeness (QED) is 0.166. The van der Waals surface area contributed by atoms with Gasteiger partial charge in [0.15, 0.2) is 6.10 Å². The highest BCUT2D eigenvalue weighted by Crippen LogP contribution is 2.46. The molecule has 3 aromatic rings. The Balaban J connectivity index is 1.91. The summed E-state index contributed by atoms with van der Waals surface area (Å²) in [4.78, 5) is 11.8. The first-order chi connectivity index (χ1) is 16.8. The second-order valence-corrected chi connectivity index (χ2v) is 10.4. The van der Waals surface area contributed by atoms with E-state index in [0.29, 0.717) is 34.2 Å². The van der Waals surface area contributed by atoms with Gasteiger partial charge in [-0.2, -0.15) is 10.4 Å². The molecule has 0 amide bonds. The number of aromatic nitrogens is 2. The molecule has 0 N–H and O–H groups in total. The molecule has 0 radical (unpaired) electrons. The van der Waals surface area contributed by atoms with Gasteiger partial charge in [-0.15, -0.1) is 0 Å². The summed E-state index contributed by atoms with van der Waals surface area (Å²) in [6.07, 6.45) is -1.79. The smallest absolute Gasteiger partial charge is 0.303 e. The maximum Gasteiger partial charge on any atom is 0.303 e. The van der Waals surface area contributed by atoms with Crippen LogP contribution in [-0.2, 0) is 22.4 Å². The standard InChI is InChI=1S/C25H22F3IN3O2P/c1-3-21(27)20-10-16(26)8-15(12-30)18(20)9-14-4-5-17(23-6-7-31-32(23)35-29)24-19(14)11-22(28)25(24)34-13(2)33/h4-8,10,21-22,25,35H,3,9,11H2,1-2H3. The zero-order valence-electron chi connectivity index (χ0n) is 19.0. The van der Waals surface area contributed by atoms with E-state index < -0.39 is 30.2 Å². The third-order valence-electron chi connectivity index (χ3n) is 6.19. The third kappa shape index (κ3) is 4.96. The molecule has 182 valence electrons. The van der Waals surface area contributed by atoms with Crippen molar-refractivity contribution in [1.29, 1.82) is 5.26 Å². The molecule has 2 aromatic carbocycles. The summed E-state index contributed by atoms with van der Waals surface area (Å²) in [5.74, 6) is -1.27. The second kappa shape index (κ2) is 10.7. The summed E-state index contributed by atoms with van der Waals surface area (Å²) in [7, 11) is 0. The average Bonchev–Trinajstić information content (AvgIpc) is 3.44. The van der Waals surface area contributed by atoms with Crippen LogP contribution in [0.2, 0.25) is 0 Å². The van der Waals surface area contributed by atoms with Gasteiger partial charge in [-0.1, -0.05) is 19.1 Å². The minimum atomic E-state index is -1.46. The SMILES string of the molecule is CCC(F)c1cc(F)cc(C#N)c1Cc1ccc(-c2ccnn2PI)c2c1CC(F)C2OC(C)=O. The number of esters is 1. The van der Waals surface area contributed by atoms with Crippen LogP contribution in [0.1, 0.15) is 65.9 Å². The van der Waals surface area contributed by atoms with Crippen molar-refractivity contribution >= 4 is 34.4 Å². The molecule has 4 atom stereocenters. The minimum Gasteiger partial charge on any atom is -0.454 e. The Morgan fingerprint density at radius 3 is 2.83 bits per heavy atom. The number of ether oxygens (including phenoxy) is 1. The van der Waals surface area contributed by atoms with E-state index in [1.165, 1.54) is 6.92 Å². The number of halogens is 4. The molecular formula is C25H22F3IN3O2P. The molecule has 10 heteroatoms. The predicted octanol–water partition coefficient (Wildman–Crippen LogP) is 6.86. The number of nitrogens with zero attached hydrogens (tertiary/aromatic N) is 3. The summed E-state index contributed by atoms with van der Waals surface area (Å²) in [5.41, 5.74) is 3.89. The van der Waals surface area contributed by atoms with Crippen LogP contribution < -0.4 is 0 Å². The zero-order valence-corrected chi connectivity index (χ0v) is 22.1. The Kier molecular flexibility index (Phi) is 7.82. The molecule has 0 saturated carbocycles. The molecule has 5 nitrogen and oxygen atoms in total. The molecule has 4 rings (SSSR count). The molecule has 0 saturated heterocycles. The first kappa shape index (κ1) is 25.6. The predicted molar refractivity (Wildman–Crippen MR) is 137 cm³/mol. The topological polar surface area (TPSA) is 67.9 Å². The first-order valence-corrected chi connectivity index (χ1v) is 15.1. The van der Waals surface area contributed by atoms with Gasteiger partial charge in [0.2, 0.25) is 0 Å². The number of hydrogen-bond acceptors (Lipinski definition) is 4. The molecular weight excluding hydrogens is 589 g/mol. The lowest BCUT2D eigenvalue weighted by Crippen LogP contribution is -2.15. The molecule has 4 unspecified atom stereocenters. The first-order valence-electron chi connectivity index (χ1n) is 11.0. The van der Waals surface area contributed by atoms with Gasteiger partial charge in [-0.05, 0) is 75.3 Å². The molecule has 35 heavy (non-hydrogen) atoms. The molecule has 0 fully saturated rings. The number of nitriles is 1. The fraction of sp³-hybridized carbons (Fsp3) is 0.320. The lowest BCUT2D eigenvalue weighted by molar-refractivity contribution is -0.149. The van der Waals surface area contributed by atoms with Gasteiger partial charge in [-0.3, -0.25) is 4.79 Å². The summed E-state index contributed by atoms with van der Waals surface area (Å²) >= 11 is 2.20.